The quantitative estimate of drug-likeness (QED) is 0.420. The SMILES string of the molecule is [O-][S+](CCC=C(F)F)c1ncc(/C=N\OCC2CC2)s1. The molecule has 1 atom stereocenters. The number of hydrogen-bond donors (Lipinski definition) is 0. The number of rotatable bonds is 8. The lowest BCUT2D eigenvalue weighted by Gasteiger charge is -2.03. The van der Waals surface area contributed by atoms with Crippen LogP contribution in [0.25, 0.3) is 0 Å². The summed E-state index contributed by atoms with van der Waals surface area (Å²) in [5, 5.41) is 3.82. The Labute approximate surface area is 122 Å². The Morgan fingerprint density at radius 2 is 2.40 bits per heavy atom. The summed E-state index contributed by atoms with van der Waals surface area (Å²) < 4.78 is 35.9. The highest BCUT2D eigenvalue weighted by molar-refractivity contribution is 7.93. The van der Waals surface area contributed by atoms with Crippen molar-refractivity contribution in [2.45, 2.75) is 23.6 Å². The van der Waals surface area contributed by atoms with Crippen LogP contribution in [0.2, 0.25) is 0 Å². The zero-order chi connectivity index (χ0) is 14.4. The van der Waals surface area contributed by atoms with Crippen LogP contribution in [0.15, 0.2) is 27.8 Å². The topological polar surface area (TPSA) is 57.5 Å². The van der Waals surface area contributed by atoms with Gasteiger partial charge in [-0.2, -0.15) is 13.8 Å². The summed E-state index contributed by atoms with van der Waals surface area (Å²) in [6.45, 7) is 0.634. The average molecular weight is 320 g/mol. The third-order valence-electron chi connectivity index (χ3n) is 2.56. The predicted molar refractivity (Wildman–Crippen MR) is 74.6 cm³/mol. The monoisotopic (exact) mass is 320 g/mol. The molecule has 1 aliphatic rings. The van der Waals surface area contributed by atoms with Gasteiger partial charge < -0.3 is 9.39 Å². The number of nitrogens with zero attached hydrogens (tertiary/aromatic N) is 2. The van der Waals surface area contributed by atoms with Gasteiger partial charge in [0, 0.05) is 17.6 Å². The van der Waals surface area contributed by atoms with E-state index in [1.807, 2.05) is 0 Å². The second-order valence-electron chi connectivity index (χ2n) is 4.33. The normalized spacial score (nSPS) is 16.4. The van der Waals surface area contributed by atoms with E-state index in [0.717, 1.165) is 11.0 Å². The van der Waals surface area contributed by atoms with Crippen LogP contribution < -0.4 is 0 Å². The van der Waals surface area contributed by atoms with Crippen molar-refractivity contribution in [3.8, 4) is 0 Å². The van der Waals surface area contributed by atoms with Gasteiger partial charge in [0.05, 0.1) is 17.3 Å². The maximum atomic E-state index is 11.8. The minimum Gasteiger partial charge on any atom is -0.610 e. The van der Waals surface area contributed by atoms with Crippen molar-refractivity contribution >= 4 is 28.7 Å². The first kappa shape index (κ1) is 15.4. The second-order valence-corrected chi connectivity index (χ2v) is 7.14. The van der Waals surface area contributed by atoms with Crippen molar-refractivity contribution in [3.05, 3.63) is 23.2 Å². The number of thiazole rings is 1. The second kappa shape index (κ2) is 7.70. The van der Waals surface area contributed by atoms with Crippen LogP contribution in [0.4, 0.5) is 8.78 Å². The third kappa shape index (κ3) is 5.56. The maximum Gasteiger partial charge on any atom is 0.302 e. The highest BCUT2D eigenvalue weighted by Crippen LogP contribution is 2.28. The first-order valence-corrected chi connectivity index (χ1v) is 8.29. The zero-order valence-electron chi connectivity index (χ0n) is 10.6. The van der Waals surface area contributed by atoms with E-state index >= 15 is 0 Å². The molecule has 0 N–H and O–H groups in total. The lowest BCUT2D eigenvalue weighted by Crippen LogP contribution is -2.05. The number of hydrogen-bond acceptors (Lipinski definition) is 5. The van der Waals surface area contributed by atoms with Gasteiger partial charge in [0.25, 0.3) is 6.08 Å². The van der Waals surface area contributed by atoms with Crippen molar-refractivity contribution in [1.82, 2.24) is 4.98 Å². The summed E-state index contributed by atoms with van der Waals surface area (Å²) in [7, 11) is 0. The van der Waals surface area contributed by atoms with Crippen molar-refractivity contribution in [1.29, 1.82) is 0 Å². The molecule has 1 aromatic rings. The first-order valence-electron chi connectivity index (χ1n) is 6.16. The Kier molecular flexibility index (Phi) is 5.93. The van der Waals surface area contributed by atoms with Crippen molar-refractivity contribution in [3.63, 3.8) is 0 Å². The molecule has 110 valence electrons. The van der Waals surface area contributed by atoms with Crippen LogP contribution in [0.3, 0.4) is 0 Å². The van der Waals surface area contributed by atoms with E-state index in [-0.39, 0.29) is 12.2 Å². The molecule has 4 nitrogen and oxygen atoms in total. The van der Waals surface area contributed by atoms with Crippen LogP contribution in [-0.2, 0) is 16.0 Å². The summed E-state index contributed by atoms with van der Waals surface area (Å²) in [4.78, 5) is 9.84. The standard InChI is InChI=1S/C12H14F2N2O2S2/c13-11(14)2-1-5-20(17)12-15-6-10(19-12)7-16-18-8-9-3-4-9/h2,6-7,9H,1,3-5,8H2/b16-7-. The van der Waals surface area contributed by atoms with Gasteiger partial charge in [-0.1, -0.05) is 16.5 Å². The van der Waals surface area contributed by atoms with Gasteiger partial charge in [-0.05, 0) is 24.8 Å². The van der Waals surface area contributed by atoms with E-state index in [9.17, 15) is 13.3 Å². The summed E-state index contributed by atoms with van der Waals surface area (Å²) in [5.41, 5.74) is 0. The van der Waals surface area contributed by atoms with Crippen LogP contribution in [0.5, 0.6) is 0 Å². The summed E-state index contributed by atoms with van der Waals surface area (Å²) >= 11 is -0.131. The van der Waals surface area contributed by atoms with Crippen molar-refractivity contribution in [2.75, 3.05) is 12.4 Å². The Balaban J connectivity index is 1.76. The molecule has 8 heteroatoms. The molecule has 20 heavy (non-hydrogen) atoms. The van der Waals surface area contributed by atoms with Crippen LogP contribution in [0, 0.1) is 5.92 Å². The Morgan fingerprint density at radius 1 is 1.60 bits per heavy atom. The fourth-order valence-corrected chi connectivity index (χ4v) is 3.41. The number of oxime groups is 1. The lowest BCUT2D eigenvalue weighted by atomic mass is 10.5. The summed E-state index contributed by atoms with van der Waals surface area (Å²) in [6, 6.07) is 0. The van der Waals surface area contributed by atoms with E-state index < -0.39 is 17.3 Å². The summed E-state index contributed by atoms with van der Waals surface area (Å²) in [5.74, 6) is 0.778. The largest absolute Gasteiger partial charge is 0.610 e. The number of halogens is 2. The van der Waals surface area contributed by atoms with Crippen molar-refractivity contribution < 1.29 is 18.2 Å². The third-order valence-corrected chi connectivity index (χ3v) is 5.20. The number of allylic oxidation sites excluding steroid dienone is 1. The van der Waals surface area contributed by atoms with Gasteiger partial charge in [0.15, 0.2) is 0 Å². The Hall–Kier alpha value is -0.990. The van der Waals surface area contributed by atoms with Gasteiger partial charge >= 0.3 is 4.34 Å². The fraction of sp³-hybridized carbons (Fsp3) is 0.500. The van der Waals surface area contributed by atoms with E-state index in [4.69, 9.17) is 4.84 Å². The molecule has 1 aromatic heterocycles. The highest BCUT2D eigenvalue weighted by Gasteiger charge is 2.21. The molecule has 1 aliphatic carbocycles. The Bertz CT molecular complexity index is 486. The van der Waals surface area contributed by atoms with Gasteiger partial charge in [-0.25, -0.2) is 0 Å². The van der Waals surface area contributed by atoms with E-state index in [1.165, 1.54) is 30.4 Å². The van der Waals surface area contributed by atoms with E-state index in [2.05, 4.69) is 10.1 Å². The fourth-order valence-electron chi connectivity index (χ4n) is 1.32. The molecule has 1 saturated carbocycles. The van der Waals surface area contributed by atoms with Gasteiger partial charge in [0.2, 0.25) is 0 Å². The van der Waals surface area contributed by atoms with E-state index in [0.29, 0.717) is 16.9 Å². The molecule has 0 aliphatic heterocycles. The molecule has 1 heterocycles. The molecule has 0 spiro atoms. The molecule has 0 aromatic carbocycles. The Morgan fingerprint density at radius 3 is 3.10 bits per heavy atom. The van der Waals surface area contributed by atoms with Gasteiger partial charge in [-0.15, -0.1) is 0 Å². The molecule has 0 bridgehead atoms. The molecular weight excluding hydrogens is 306 g/mol. The molecule has 0 radical (unpaired) electrons. The highest BCUT2D eigenvalue weighted by atomic mass is 32.2. The minimum absolute atomic E-state index is 0.0719. The molecule has 1 fully saturated rings. The van der Waals surface area contributed by atoms with Gasteiger partial charge in [-0.3, -0.25) is 0 Å². The molecule has 0 saturated heterocycles. The maximum absolute atomic E-state index is 11.8. The average Bonchev–Trinajstić information content (AvgIpc) is 3.11. The molecular formula is C12H14F2N2O2S2. The zero-order valence-corrected chi connectivity index (χ0v) is 12.3. The lowest BCUT2D eigenvalue weighted by molar-refractivity contribution is 0.135. The molecule has 2 rings (SSSR count). The molecule has 0 amide bonds. The van der Waals surface area contributed by atoms with Crippen LogP contribution >= 0.6 is 11.3 Å². The van der Waals surface area contributed by atoms with E-state index in [1.54, 1.807) is 6.20 Å². The van der Waals surface area contributed by atoms with Crippen LogP contribution in [-0.4, -0.2) is 28.1 Å². The summed E-state index contributed by atoms with van der Waals surface area (Å²) in [6.07, 6.45) is 4.57. The minimum atomic E-state index is -1.75. The predicted octanol–water partition coefficient (Wildman–Crippen LogP) is 3.18. The van der Waals surface area contributed by atoms with Crippen LogP contribution in [0.1, 0.15) is 24.1 Å². The van der Waals surface area contributed by atoms with Gasteiger partial charge in [0.1, 0.15) is 12.4 Å². The van der Waals surface area contributed by atoms with Crippen molar-refractivity contribution in [2.24, 2.45) is 11.1 Å². The number of aromatic nitrogens is 1. The smallest absolute Gasteiger partial charge is 0.302 e. The molecule has 1 unspecified atom stereocenters. The first-order chi connectivity index (χ1) is 9.65.